The summed E-state index contributed by atoms with van der Waals surface area (Å²) >= 11 is 0. The number of hydrogen-bond donors (Lipinski definition) is 2. The van der Waals surface area contributed by atoms with E-state index in [2.05, 4.69) is 29.1 Å². The summed E-state index contributed by atoms with van der Waals surface area (Å²) in [4.78, 5) is 32.9. The van der Waals surface area contributed by atoms with Crippen LogP contribution >= 0.6 is 0 Å². The van der Waals surface area contributed by atoms with Crippen LogP contribution in [-0.2, 0) is 4.79 Å². The number of likely N-dealkylation sites (tertiary alicyclic amines) is 1. The van der Waals surface area contributed by atoms with E-state index in [-0.39, 0.29) is 24.1 Å². The van der Waals surface area contributed by atoms with Crippen molar-refractivity contribution in [2.45, 2.75) is 82.6 Å². The Morgan fingerprint density at radius 2 is 1.90 bits per heavy atom. The maximum Gasteiger partial charge on any atom is 0.295 e. The molecule has 0 radical (unpaired) electrons. The van der Waals surface area contributed by atoms with Crippen molar-refractivity contribution < 1.29 is 19.3 Å². The topological polar surface area (TPSA) is 112 Å². The van der Waals surface area contributed by atoms with Crippen LogP contribution in [0.1, 0.15) is 93.1 Å². The van der Waals surface area contributed by atoms with Crippen LogP contribution < -0.4 is 5.48 Å². The van der Waals surface area contributed by atoms with Crippen LogP contribution in [0.4, 0.5) is 0 Å². The summed E-state index contributed by atoms with van der Waals surface area (Å²) in [5.41, 5.74) is 1.69. The monoisotopic (exact) mass is 435 g/mol. The number of carbonyl (C=O) groups excluding carboxylic acids is 2. The average Bonchev–Trinajstić information content (AvgIpc) is 3.28. The highest BCUT2D eigenvalue weighted by Crippen LogP contribution is 2.31. The van der Waals surface area contributed by atoms with E-state index in [4.69, 9.17) is 9.73 Å². The minimum atomic E-state index is -0.487. The molecule has 0 bridgehead atoms. The third-order valence-corrected chi connectivity index (χ3v) is 6.91. The first-order valence-electron chi connectivity index (χ1n) is 11.7. The maximum absolute atomic E-state index is 12.8. The molecular weight excluding hydrogens is 398 g/mol. The summed E-state index contributed by atoms with van der Waals surface area (Å²) in [5, 5.41) is 12.9. The van der Waals surface area contributed by atoms with Gasteiger partial charge < -0.3 is 14.3 Å². The highest BCUT2D eigenvalue weighted by Gasteiger charge is 2.29. The Morgan fingerprint density at radius 3 is 2.55 bits per heavy atom. The molecule has 1 saturated carbocycles. The van der Waals surface area contributed by atoms with Gasteiger partial charge in [0.15, 0.2) is 0 Å². The lowest BCUT2D eigenvalue weighted by molar-refractivity contribution is -0.129. The quantitative estimate of drug-likeness (QED) is 0.453. The minimum absolute atomic E-state index is 0.0555. The van der Waals surface area contributed by atoms with E-state index in [1.807, 2.05) is 0 Å². The Bertz CT molecular complexity index is 709. The van der Waals surface area contributed by atoms with Gasteiger partial charge in [-0.3, -0.25) is 14.8 Å². The second-order valence-electron chi connectivity index (χ2n) is 9.31. The van der Waals surface area contributed by atoms with E-state index in [9.17, 15) is 9.59 Å². The first kappa shape index (κ1) is 23.7. The number of nitrogens with zero attached hydrogens (tertiary/aromatic N) is 4. The maximum atomic E-state index is 12.8. The van der Waals surface area contributed by atoms with Crippen molar-refractivity contribution in [2.24, 2.45) is 5.92 Å². The molecule has 0 spiro atoms. The lowest BCUT2D eigenvalue weighted by atomic mass is 9.84. The molecule has 3 rings (SSSR count). The third-order valence-electron chi connectivity index (χ3n) is 6.91. The molecule has 1 aliphatic heterocycles. The van der Waals surface area contributed by atoms with Gasteiger partial charge in [0.25, 0.3) is 11.7 Å². The molecule has 31 heavy (non-hydrogen) atoms. The largest absolute Gasteiger partial charge is 0.338 e. The standard InChI is InChI=1S/C22H37N5O4/c1-26(2)18-11-13-27(14-12-18)22(29)20-23-21(31-25-20)17(15-19(28)24-30)10-6-9-16-7-4-3-5-8-16/h16-18,30H,3-15H2,1-2H3,(H,24,28)/t17-/m0/s1. The zero-order valence-corrected chi connectivity index (χ0v) is 18.9. The van der Waals surface area contributed by atoms with Crippen LogP contribution in [0.15, 0.2) is 4.52 Å². The fraction of sp³-hybridized carbons (Fsp3) is 0.818. The summed E-state index contributed by atoms with van der Waals surface area (Å²) in [6.45, 7) is 1.34. The van der Waals surface area contributed by atoms with Crippen molar-refractivity contribution in [3.63, 3.8) is 0 Å². The van der Waals surface area contributed by atoms with Crippen molar-refractivity contribution >= 4 is 11.8 Å². The van der Waals surface area contributed by atoms with Gasteiger partial charge in [0.05, 0.1) is 0 Å². The molecule has 1 aliphatic carbocycles. The SMILES string of the molecule is CN(C)C1CCN(C(=O)c2noc([C@@H](CCCC3CCCCC3)CC(=O)NO)n2)CC1. The molecule has 9 heteroatoms. The van der Waals surface area contributed by atoms with Crippen molar-refractivity contribution in [1.29, 1.82) is 0 Å². The fourth-order valence-electron chi connectivity index (χ4n) is 4.93. The smallest absolute Gasteiger partial charge is 0.295 e. The molecule has 2 N–H and O–H groups in total. The molecule has 1 saturated heterocycles. The molecule has 9 nitrogen and oxygen atoms in total. The van der Waals surface area contributed by atoms with E-state index in [1.54, 1.807) is 10.4 Å². The van der Waals surface area contributed by atoms with Crippen LogP contribution in [0.2, 0.25) is 0 Å². The molecule has 1 atom stereocenters. The number of carbonyl (C=O) groups is 2. The van der Waals surface area contributed by atoms with Gasteiger partial charge in [-0.05, 0) is 39.3 Å². The van der Waals surface area contributed by atoms with Gasteiger partial charge in [-0.1, -0.05) is 50.1 Å². The minimum Gasteiger partial charge on any atom is -0.338 e. The van der Waals surface area contributed by atoms with Gasteiger partial charge in [-0.2, -0.15) is 4.98 Å². The molecule has 2 heterocycles. The lowest BCUT2D eigenvalue weighted by Gasteiger charge is -2.34. The number of hydrogen-bond acceptors (Lipinski definition) is 7. The number of rotatable bonds is 9. The highest BCUT2D eigenvalue weighted by atomic mass is 16.5. The van der Waals surface area contributed by atoms with Gasteiger partial charge in [-0.25, -0.2) is 5.48 Å². The molecule has 2 aliphatic rings. The van der Waals surface area contributed by atoms with E-state index in [0.717, 1.165) is 31.6 Å². The number of aromatic nitrogens is 2. The van der Waals surface area contributed by atoms with E-state index in [0.29, 0.717) is 31.4 Å². The Morgan fingerprint density at radius 1 is 1.19 bits per heavy atom. The molecular formula is C22H37N5O4. The fourth-order valence-corrected chi connectivity index (χ4v) is 4.93. The first-order valence-corrected chi connectivity index (χ1v) is 11.7. The molecule has 1 aromatic heterocycles. The molecule has 2 fully saturated rings. The summed E-state index contributed by atoms with van der Waals surface area (Å²) < 4.78 is 5.41. The Hall–Kier alpha value is -2.00. The van der Waals surface area contributed by atoms with Crippen LogP contribution in [0.25, 0.3) is 0 Å². The zero-order chi connectivity index (χ0) is 22.2. The first-order chi connectivity index (χ1) is 15.0. The summed E-state index contributed by atoms with van der Waals surface area (Å²) in [6.07, 6.45) is 11.2. The van der Waals surface area contributed by atoms with Crippen LogP contribution in [0.5, 0.6) is 0 Å². The second-order valence-corrected chi connectivity index (χ2v) is 9.31. The van der Waals surface area contributed by atoms with Crippen molar-refractivity contribution in [2.75, 3.05) is 27.2 Å². The molecule has 1 aromatic rings. The van der Waals surface area contributed by atoms with Crippen molar-refractivity contribution in [1.82, 2.24) is 25.4 Å². The number of hydroxylamine groups is 1. The number of piperidine rings is 1. The molecule has 0 unspecified atom stereocenters. The van der Waals surface area contributed by atoms with Crippen molar-refractivity contribution in [3.8, 4) is 0 Å². The summed E-state index contributed by atoms with van der Waals surface area (Å²) in [6, 6.07) is 0.482. The zero-order valence-electron chi connectivity index (χ0n) is 18.9. The van der Waals surface area contributed by atoms with E-state index >= 15 is 0 Å². The lowest BCUT2D eigenvalue weighted by Crippen LogP contribution is -2.44. The molecule has 0 aromatic carbocycles. The van der Waals surface area contributed by atoms with Gasteiger partial charge >= 0.3 is 0 Å². The number of amides is 2. The summed E-state index contributed by atoms with van der Waals surface area (Å²) in [5.74, 6) is 0.105. The van der Waals surface area contributed by atoms with Gasteiger partial charge in [0.2, 0.25) is 11.8 Å². The normalized spacial score (nSPS) is 19.5. The van der Waals surface area contributed by atoms with Crippen LogP contribution in [-0.4, -0.2) is 70.2 Å². The highest BCUT2D eigenvalue weighted by molar-refractivity contribution is 5.90. The van der Waals surface area contributed by atoms with Gasteiger partial charge in [0, 0.05) is 31.5 Å². The van der Waals surface area contributed by atoms with Gasteiger partial charge in [0.1, 0.15) is 0 Å². The predicted molar refractivity (Wildman–Crippen MR) is 115 cm³/mol. The third kappa shape index (κ3) is 6.74. The average molecular weight is 436 g/mol. The van der Waals surface area contributed by atoms with E-state index in [1.165, 1.54) is 32.1 Å². The van der Waals surface area contributed by atoms with Gasteiger partial charge in [-0.15, -0.1) is 0 Å². The Balaban J connectivity index is 1.58. The number of nitrogens with one attached hydrogen (secondary N) is 1. The summed E-state index contributed by atoms with van der Waals surface area (Å²) in [7, 11) is 4.12. The Labute approximate surface area is 184 Å². The second kappa shape index (κ2) is 11.6. The van der Waals surface area contributed by atoms with E-state index < -0.39 is 5.91 Å². The molecule has 2 amide bonds. The predicted octanol–water partition coefficient (Wildman–Crippen LogP) is 2.97. The van der Waals surface area contributed by atoms with Crippen LogP contribution in [0, 0.1) is 5.92 Å². The Kier molecular flexibility index (Phi) is 8.83. The molecule has 174 valence electrons. The van der Waals surface area contributed by atoms with Crippen LogP contribution in [0.3, 0.4) is 0 Å². The van der Waals surface area contributed by atoms with Crippen molar-refractivity contribution in [3.05, 3.63) is 11.7 Å².